The van der Waals surface area contributed by atoms with E-state index >= 15 is 0 Å². The number of aliphatic hydroxyl groups excluding tert-OH is 1. The van der Waals surface area contributed by atoms with Crippen molar-refractivity contribution in [1.29, 1.82) is 0 Å². The highest BCUT2D eigenvalue weighted by Crippen LogP contribution is 2.17. The zero-order valence-corrected chi connectivity index (χ0v) is 6.86. The van der Waals surface area contributed by atoms with Crippen molar-refractivity contribution in [3.05, 3.63) is 23.9 Å². The molecule has 0 spiro atoms. The first-order valence-electron chi connectivity index (χ1n) is 3.85. The number of ether oxygens (including phenoxy) is 1. The second kappa shape index (κ2) is 3.71. The van der Waals surface area contributed by atoms with Crippen LogP contribution in [0.4, 0.5) is 0 Å². The highest BCUT2D eigenvalue weighted by molar-refractivity contribution is 5.24. The molecule has 0 bridgehead atoms. The van der Waals surface area contributed by atoms with Gasteiger partial charge in [0.05, 0.1) is 13.2 Å². The maximum absolute atomic E-state index is 8.52. The van der Waals surface area contributed by atoms with Crippen LogP contribution in [-0.2, 0) is 4.74 Å². The van der Waals surface area contributed by atoms with E-state index in [0.717, 1.165) is 0 Å². The summed E-state index contributed by atoms with van der Waals surface area (Å²) in [4.78, 5) is 0. The van der Waals surface area contributed by atoms with Crippen LogP contribution in [0.5, 0.6) is 0 Å². The first kappa shape index (κ1) is 9.25. The Morgan fingerprint density at radius 3 is 2.92 bits per heavy atom. The number of nitrogens with two attached hydrogens (primary N) is 2. The molecule has 1 aliphatic rings. The largest absolute Gasteiger partial charge is 0.399 e. The molecule has 0 aliphatic heterocycles. The van der Waals surface area contributed by atoms with Crippen LogP contribution in [0.1, 0.15) is 6.42 Å². The summed E-state index contributed by atoms with van der Waals surface area (Å²) < 4.78 is 5.21. The van der Waals surface area contributed by atoms with E-state index in [1.807, 2.05) is 0 Å². The molecule has 4 heteroatoms. The van der Waals surface area contributed by atoms with Gasteiger partial charge in [0.25, 0.3) is 0 Å². The minimum atomic E-state index is -0.786. The van der Waals surface area contributed by atoms with E-state index in [1.54, 1.807) is 18.2 Å². The SMILES string of the molecule is NC1=CCC(N)(OCCO)C=C1. The van der Waals surface area contributed by atoms with Gasteiger partial charge in [0, 0.05) is 12.1 Å². The maximum atomic E-state index is 8.52. The van der Waals surface area contributed by atoms with Crippen LogP contribution in [0, 0.1) is 0 Å². The topological polar surface area (TPSA) is 81.5 Å². The van der Waals surface area contributed by atoms with Crippen molar-refractivity contribution in [3.8, 4) is 0 Å². The Hall–Kier alpha value is -0.840. The van der Waals surface area contributed by atoms with E-state index in [4.69, 9.17) is 21.3 Å². The molecule has 4 nitrogen and oxygen atoms in total. The van der Waals surface area contributed by atoms with Gasteiger partial charge in [-0.15, -0.1) is 0 Å². The summed E-state index contributed by atoms with van der Waals surface area (Å²) in [6.45, 7) is 0.223. The Kier molecular flexibility index (Phi) is 2.86. The molecule has 68 valence electrons. The van der Waals surface area contributed by atoms with Crippen LogP contribution >= 0.6 is 0 Å². The third-order valence-electron chi connectivity index (χ3n) is 1.68. The number of allylic oxidation sites excluding steroid dienone is 1. The van der Waals surface area contributed by atoms with E-state index in [1.165, 1.54) is 0 Å². The summed E-state index contributed by atoms with van der Waals surface area (Å²) in [5, 5.41) is 8.52. The van der Waals surface area contributed by atoms with E-state index in [2.05, 4.69) is 0 Å². The second-order valence-corrected chi connectivity index (χ2v) is 2.77. The second-order valence-electron chi connectivity index (χ2n) is 2.77. The highest BCUT2D eigenvalue weighted by Gasteiger charge is 2.22. The van der Waals surface area contributed by atoms with Crippen molar-refractivity contribution < 1.29 is 9.84 Å². The summed E-state index contributed by atoms with van der Waals surface area (Å²) >= 11 is 0. The van der Waals surface area contributed by atoms with Crippen molar-refractivity contribution in [3.63, 3.8) is 0 Å². The van der Waals surface area contributed by atoms with Crippen molar-refractivity contribution in [2.45, 2.75) is 12.1 Å². The summed E-state index contributed by atoms with van der Waals surface area (Å²) in [6, 6.07) is 0. The lowest BCUT2D eigenvalue weighted by atomic mass is 10.0. The van der Waals surface area contributed by atoms with Gasteiger partial charge in [-0.25, -0.2) is 0 Å². The van der Waals surface area contributed by atoms with Gasteiger partial charge in [0.1, 0.15) is 5.72 Å². The predicted molar refractivity (Wildman–Crippen MR) is 46.0 cm³/mol. The van der Waals surface area contributed by atoms with E-state index in [0.29, 0.717) is 12.1 Å². The van der Waals surface area contributed by atoms with E-state index in [9.17, 15) is 0 Å². The number of hydrogen-bond acceptors (Lipinski definition) is 4. The number of rotatable bonds is 3. The Labute approximate surface area is 71.5 Å². The molecule has 0 heterocycles. The summed E-state index contributed by atoms with van der Waals surface area (Å²) in [6.07, 6.45) is 5.77. The van der Waals surface area contributed by atoms with Gasteiger partial charge >= 0.3 is 0 Å². The van der Waals surface area contributed by atoms with Gasteiger partial charge in [-0.1, -0.05) is 6.08 Å². The lowest BCUT2D eigenvalue weighted by Gasteiger charge is -2.27. The molecule has 0 amide bonds. The molecular weight excluding hydrogens is 156 g/mol. The number of hydrogen-bond donors (Lipinski definition) is 3. The average Bonchev–Trinajstić information content (AvgIpc) is 2.08. The average molecular weight is 170 g/mol. The molecular formula is C8H14N2O2. The molecule has 0 aromatic heterocycles. The lowest BCUT2D eigenvalue weighted by Crippen LogP contribution is -2.42. The van der Waals surface area contributed by atoms with Crippen LogP contribution < -0.4 is 11.5 Å². The Bertz CT molecular complexity index is 213. The third-order valence-corrected chi connectivity index (χ3v) is 1.68. The fourth-order valence-corrected chi connectivity index (χ4v) is 0.993. The zero-order chi connectivity index (χ0) is 9.03. The first-order valence-corrected chi connectivity index (χ1v) is 3.85. The fourth-order valence-electron chi connectivity index (χ4n) is 0.993. The highest BCUT2D eigenvalue weighted by atomic mass is 16.5. The van der Waals surface area contributed by atoms with Crippen LogP contribution in [0.25, 0.3) is 0 Å². The molecule has 0 saturated heterocycles. The first-order chi connectivity index (χ1) is 5.66. The molecule has 1 atom stereocenters. The third kappa shape index (κ3) is 2.34. The maximum Gasteiger partial charge on any atom is 0.139 e. The van der Waals surface area contributed by atoms with E-state index < -0.39 is 5.72 Å². The van der Waals surface area contributed by atoms with Crippen LogP contribution in [-0.4, -0.2) is 24.0 Å². The van der Waals surface area contributed by atoms with Crippen LogP contribution in [0.15, 0.2) is 23.9 Å². The van der Waals surface area contributed by atoms with Gasteiger partial charge in [0.15, 0.2) is 0 Å². The molecule has 0 aromatic rings. The van der Waals surface area contributed by atoms with Gasteiger partial charge in [-0.2, -0.15) is 0 Å². The molecule has 5 N–H and O–H groups in total. The molecule has 1 rings (SSSR count). The Morgan fingerprint density at radius 2 is 2.42 bits per heavy atom. The molecule has 1 aliphatic carbocycles. The van der Waals surface area contributed by atoms with Crippen molar-refractivity contribution in [1.82, 2.24) is 0 Å². The quantitative estimate of drug-likeness (QED) is 0.496. The fraction of sp³-hybridized carbons (Fsp3) is 0.500. The van der Waals surface area contributed by atoms with Crippen molar-refractivity contribution >= 4 is 0 Å². The number of aliphatic hydroxyl groups is 1. The van der Waals surface area contributed by atoms with Crippen molar-refractivity contribution in [2.75, 3.05) is 13.2 Å². The van der Waals surface area contributed by atoms with Gasteiger partial charge < -0.3 is 15.6 Å². The molecule has 1 unspecified atom stereocenters. The predicted octanol–water partition coefficient (Wildman–Crippen LogP) is -0.547. The summed E-state index contributed by atoms with van der Waals surface area (Å²) in [5.74, 6) is 0. The normalized spacial score (nSPS) is 28.7. The van der Waals surface area contributed by atoms with Gasteiger partial charge in [-0.05, 0) is 12.2 Å². The lowest BCUT2D eigenvalue weighted by molar-refractivity contribution is -0.0197. The summed E-state index contributed by atoms with van der Waals surface area (Å²) in [5.41, 5.74) is 11.2. The molecule has 12 heavy (non-hydrogen) atoms. The van der Waals surface area contributed by atoms with Gasteiger partial charge in [-0.3, -0.25) is 5.73 Å². The standard InChI is InChI=1S/C8H14N2O2/c9-7-1-3-8(10,4-2-7)12-6-5-11/h1-3,11H,4-6,9-10H2. The molecule has 0 aromatic carbocycles. The summed E-state index contributed by atoms with van der Waals surface area (Å²) in [7, 11) is 0. The minimum absolute atomic E-state index is 0.0218. The van der Waals surface area contributed by atoms with Crippen molar-refractivity contribution in [2.24, 2.45) is 11.5 Å². The smallest absolute Gasteiger partial charge is 0.139 e. The molecule has 0 radical (unpaired) electrons. The zero-order valence-electron chi connectivity index (χ0n) is 6.86. The molecule has 0 saturated carbocycles. The van der Waals surface area contributed by atoms with Gasteiger partial charge in [0.2, 0.25) is 0 Å². The monoisotopic (exact) mass is 170 g/mol. The Balaban J connectivity index is 2.47. The van der Waals surface area contributed by atoms with E-state index in [-0.39, 0.29) is 13.2 Å². The van der Waals surface area contributed by atoms with Crippen LogP contribution in [0.3, 0.4) is 0 Å². The minimum Gasteiger partial charge on any atom is -0.399 e. The molecule has 0 fully saturated rings. The Morgan fingerprint density at radius 1 is 1.67 bits per heavy atom. The van der Waals surface area contributed by atoms with Crippen LogP contribution in [0.2, 0.25) is 0 Å².